The fourth-order valence-electron chi connectivity index (χ4n) is 1.55. The lowest BCUT2D eigenvalue weighted by Crippen LogP contribution is -2.39. The van der Waals surface area contributed by atoms with Crippen molar-refractivity contribution in [2.24, 2.45) is 5.92 Å². The maximum Gasteiger partial charge on any atom is 0.443 e. The number of hydrogen-bond donors (Lipinski definition) is 1. The van der Waals surface area contributed by atoms with Crippen molar-refractivity contribution < 1.29 is 13.2 Å². The van der Waals surface area contributed by atoms with Gasteiger partial charge in [-0.05, 0) is 39.2 Å². The van der Waals surface area contributed by atoms with Crippen LogP contribution in [0.1, 0.15) is 50.4 Å². The second-order valence-electron chi connectivity index (χ2n) is 5.96. The predicted octanol–water partition coefficient (Wildman–Crippen LogP) is 4.29. The SMILES string of the molecule is CC(CNC(C)(C)C)C(C)c1cnc(C(F)(F)F)s1. The minimum Gasteiger partial charge on any atom is -0.312 e. The highest BCUT2D eigenvalue weighted by atomic mass is 32.1. The summed E-state index contributed by atoms with van der Waals surface area (Å²) in [5.74, 6) is 0.309. The lowest BCUT2D eigenvalue weighted by Gasteiger charge is -2.26. The number of rotatable bonds is 4. The zero-order valence-corrected chi connectivity index (χ0v) is 12.7. The van der Waals surface area contributed by atoms with E-state index in [1.807, 2.05) is 13.8 Å². The molecule has 1 rings (SSSR count). The minimum atomic E-state index is -4.34. The number of alkyl halides is 3. The van der Waals surface area contributed by atoms with E-state index in [0.29, 0.717) is 4.88 Å². The second kappa shape index (κ2) is 5.79. The summed E-state index contributed by atoms with van der Waals surface area (Å²) < 4.78 is 37.5. The summed E-state index contributed by atoms with van der Waals surface area (Å²) in [4.78, 5) is 4.16. The molecule has 0 aliphatic heterocycles. The first-order valence-electron chi connectivity index (χ1n) is 6.28. The Balaban J connectivity index is 2.67. The van der Waals surface area contributed by atoms with Crippen molar-refractivity contribution in [3.63, 3.8) is 0 Å². The van der Waals surface area contributed by atoms with Gasteiger partial charge in [0.1, 0.15) is 0 Å². The first-order valence-corrected chi connectivity index (χ1v) is 7.10. The van der Waals surface area contributed by atoms with E-state index in [-0.39, 0.29) is 17.4 Å². The highest BCUT2D eigenvalue weighted by Crippen LogP contribution is 2.36. The molecular formula is C13H21F3N2S. The average Bonchev–Trinajstić information content (AvgIpc) is 2.72. The van der Waals surface area contributed by atoms with Crippen molar-refractivity contribution in [3.05, 3.63) is 16.1 Å². The first-order chi connectivity index (χ1) is 8.50. The van der Waals surface area contributed by atoms with Crippen molar-refractivity contribution in [1.29, 1.82) is 0 Å². The molecule has 0 saturated carbocycles. The number of thiazole rings is 1. The van der Waals surface area contributed by atoms with E-state index in [2.05, 4.69) is 31.1 Å². The zero-order valence-electron chi connectivity index (χ0n) is 11.9. The Labute approximate surface area is 116 Å². The molecule has 1 heterocycles. The van der Waals surface area contributed by atoms with Gasteiger partial charge < -0.3 is 5.32 Å². The number of nitrogens with zero attached hydrogens (tertiary/aromatic N) is 1. The van der Waals surface area contributed by atoms with Gasteiger partial charge in [0.05, 0.1) is 0 Å². The normalized spacial score (nSPS) is 16.4. The van der Waals surface area contributed by atoms with Crippen molar-refractivity contribution >= 4 is 11.3 Å². The molecule has 2 nitrogen and oxygen atoms in total. The first kappa shape index (κ1) is 16.4. The van der Waals surface area contributed by atoms with E-state index in [9.17, 15) is 13.2 Å². The van der Waals surface area contributed by atoms with Gasteiger partial charge in [0.15, 0.2) is 5.01 Å². The Morgan fingerprint density at radius 2 is 1.84 bits per heavy atom. The van der Waals surface area contributed by atoms with Crippen LogP contribution in [0.5, 0.6) is 0 Å². The van der Waals surface area contributed by atoms with Crippen LogP contribution in [0.3, 0.4) is 0 Å². The number of aromatic nitrogens is 1. The van der Waals surface area contributed by atoms with Gasteiger partial charge in [0, 0.05) is 16.6 Å². The topological polar surface area (TPSA) is 24.9 Å². The van der Waals surface area contributed by atoms with Gasteiger partial charge in [-0.1, -0.05) is 13.8 Å². The van der Waals surface area contributed by atoms with E-state index >= 15 is 0 Å². The molecular weight excluding hydrogens is 273 g/mol. The quantitative estimate of drug-likeness (QED) is 0.896. The van der Waals surface area contributed by atoms with Gasteiger partial charge in [-0.25, -0.2) is 4.98 Å². The highest BCUT2D eigenvalue weighted by Gasteiger charge is 2.35. The largest absolute Gasteiger partial charge is 0.443 e. The molecule has 6 heteroatoms. The fraction of sp³-hybridized carbons (Fsp3) is 0.769. The predicted molar refractivity (Wildman–Crippen MR) is 72.5 cm³/mol. The Morgan fingerprint density at radius 3 is 2.26 bits per heavy atom. The van der Waals surface area contributed by atoms with Gasteiger partial charge in [-0.2, -0.15) is 13.2 Å². The summed E-state index contributed by atoms with van der Waals surface area (Å²) in [6, 6.07) is 0. The molecule has 1 aromatic rings. The van der Waals surface area contributed by atoms with Crippen LogP contribution in [0, 0.1) is 5.92 Å². The molecule has 0 aliphatic carbocycles. The van der Waals surface area contributed by atoms with E-state index in [4.69, 9.17) is 0 Å². The van der Waals surface area contributed by atoms with Crippen LogP contribution in [0.4, 0.5) is 13.2 Å². The molecule has 2 atom stereocenters. The van der Waals surface area contributed by atoms with Gasteiger partial charge in [0.25, 0.3) is 0 Å². The van der Waals surface area contributed by atoms with Gasteiger partial charge in [-0.15, -0.1) is 11.3 Å². The second-order valence-corrected chi connectivity index (χ2v) is 7.02. The van der Waals surface area contributed by atoms with Gasteiger partial charge >= 0.3 is 6.18 Å². The zero-order chi connectivity index (χ0) is 14.8. The number of hydrogen-bond acceptors (Lipinski definition) is 3. The van der Waals surface area contributed by atoms with Gasteiger partial charge in [-0.3, -0.25) is 0 Å². The molecule has 110 valence electrons. The van der Waals surface area contributed by atoms with E-state index in [1.54, 1.807) is 0 Å². The molecule has 0 radical (unpaired) electrons. The Hall–Kier alpha value is -0.620. The van der Waals surface area contributed by atoms with E-state index in [0.717, 1.165) is 17.9 Å². The molecule has 19 heavy (non-hydrogen) atoms. The minimum absolute atomic E-state index is 0.0127. The Bertz CT molecular complexity index is 407. The summed E-state index contributed by atoms with van der Waals surface area (Å²) in [5, 5.41) is 2.61. The maximum absolute atomic E-state index is 12.5. The smallest absolute Gasteiger partial charge is 0.312 e. The van der Waals surface area contributed by atoms with Crippen LogP contribution < -0.4 is 5.32 Å². The van der Waals surface area contributed by atoms with Crippen LogP contribution in [0.2, 0.25) is 0 Å². The van der Waals surface area contributed by atoms with Crippen LogP contribution in [-0.2, 0) is 6.18 Å². The van der Waals surface area contributed by atoms with Crippen molar-refractivity contribution in [2.45, 2.75) is 52.3 Å². The van der Waals surface area contributed by atoms with E-state index < -0.39 is 11.2 Å². The van der Waals surface area contributed by atoms with Crippen LogP contribution in [-0.4, -0.2) is 17.1 Å². The van der Waals surface area contributed by atoms with Crippen LogP contribution in [0.25, 0.3) is 0 Å². The number of nitrogens with one attached hydrogen (secondary N) is 1. The molecule has 0 aliphatic rings. The van der Waals surface area contributed by atoms with E-state index in [1.165, 1.54) is 6.20 Å². The van der Waals surface area contributed by atoms with Gasteiger partial charge in [0.2, 0.25) is 0 Å². The molecule has 0 bridgehead atoms. The summed E-state index contributed by atoms with van der Waals surface area (Å²) >= 11 is 0.746. The molecule has 0 aromatic carbocycles. The lowest BCUT2D eigenvalue weighted by atomic mass is 9.94. The summed E-state index contributed by atoms with van der Waals surface area (Å²) in [7, 11) is 0. The highest BCUT2D eigenvalue weighted by molar-refractivity contribution is 7.11. The third-order valence-electron chi connectivity index (χ3n) is 3.02. The average molecular weight is 294 g/mol. The third-order valence-corrected chi connectivity index (χ3v) is 4.27. The summed E-state index contributed by atoms with van der Waals surface area (Å²) in [5.41, 5.74) is 0.0127. The lowest BCUT2D eigenvalue weighted by molar-refractivity contribution is -0.137. The van der Waals surface area contributed by atoms with Crippen molar-refractivity contribution in [2.75, 3.05) is 6.54 Å². The Morgan fingerprint density at radius 1 is 1.26 bits per heavy atom. The molecule has 2 unspecified atom stereocenters. The summed E-state index contributed by atoms with van der Waals surface area (Å²) in [6.07, 6.45) is -2.98. The monoisotopic (exact) mass is 294 g/mol. The molecule has 0 amide bonds. The number of halogens is 3. The molecule has 0 fully saturated rings. The molecule has 0 spiro atoms. The molecule has 0 saturated heterocycles. The fourth-order valence-corrected chi connectivity index (χ4v) is 2.52. The van der Waals surface area contributed by atoms with Crippen LogP contribution in [0.15, 0.2) is 6.20 Å². The van der Waals surface area contributed by atoms with Crippen molar-refractivity contribution in [1.82, 2.24) is 10.3 Å². The Kier molecular flexibility index (Phi) is 5.01. The molecule has 1 aromatic heterocycles. The maximum atomic E-state index is 12.5. The summed E-state index contributed by atoms with van der Waals surface area (Å²) in [6.45, 7) is 11.0. The van der Waals surface area contributed by atoms with Crippen LogP contribution >= 0.6 is 11.3 Å². The van der Waals surface area contributed by atoms with Crippen molar-refractivity contribution in [3.8, 4) is 0 Å². The third kappa shape index (κ3) is 5.10. The standard InChI is InChI=1S/C13H21F3N2S/c1-8(6-18-12(3,4)5)9(2)10-7-17-11(19-10)13(14,15)16/h7-9,18H,6H2,1-5H3. The molecule has 1 N–H and O–H groups in total.